The lowest BCUT2D eigenvalue weighted by atomic mass is 9.61. The molecule has 6 rings (SSSR count). The summed E-state index contributed by atoms with van der Waals surface area (Å²) in [6.45, 7) is 2.50. The highest BCUT2D eigenvalue weighted by Crippen LogP contribution is 2.54. The summed E-state index contributed by atoms with van der Waals surface area (Å²) < 4.78 is 78.2. The minimum absolute atomic E-state index is 0.0507. The summed E-state index contributed by atoms with van der Waals surface area (Å²) in [6.07, 6.45) is -4.54. The molecule has 5 heterocycles. The number of hydrogen-bond acceptors (Lipinski definition) is 5. The number of amides is 2. The third kappa shape index (κ3) is 4.37. The van der Waals surface area contributed by atoms with E-state index in [0.717, 1.165) is 11.9 Å². The molecular weight excluding hydrogens is 504 g/mol. The van der Waals surface area contributed by atoms with Gasteiger partial charge in [0.2, 0.25) is 0 Å². The molecule has 2 aromatic heterocycles. The van der Waals surface area contributed by atoms with Crippen molar-refractivity contribution in [3.63, 3.8) is 0 Å². The van der Waals surface area contributed by atoms with Gasteiger partial charge in [0.05, 0.1) is 12.0 Å². The summed E-state index contributed by atoms with van der Waals surface area (Å²) >= 11 is 0. The molecule has 14 heteroatoms. The molecule has 1 aliphatic carbocycles. The highest BCUT2D eigenvalue weighted by Gasteiger charge is 2.56. The normalized spacial score (nSPS) is 24.3. The van der Waals surface area contributed by atoms with Crippen molar-refractivity contribution in [1.29, 1.82) is 0 Å². The SMILES string of the molecule is O=C(N1CC(c2ccc(N3CCC(C(F)(F)F)C3)nc2)C1)N1CC2(CC(n3cnc(C(F)(F)F)n3)C2)C1. The van der Waals surface area contributed by atoms with Gasteiger partial charge in [0.25, 0.3) is 5.82 Å². The van der Waals surface area contributed by atoms with Crippen LogP contribution in [0.2, 0.25) is 0 Å². The van der Waals surface area contributed by atoms with Gasteiger partial charge < -0.3 is 14.7 Å². The number of aromatic nitrogens is 4. The lowest BCUT2D eigenvalue weighted by Gasteiger charge is -2.60. The van der Waals surface area contributed by atoms with E-state index in [0.29, 0.717) is 51.4 Å². The van der Waals surface area contributed by atoms with Crippen molar-refractivity contribution in [2.75, 3.05) is 44.2 Å². The van der Waals surface area contributed by atoms with Crippen LogP contribution in [-0.4, -0.2) is 81.0 Å². The van der Waals surface area contributed by atoms with Crippen molar-refractivity contribution >= 4 is 11.8 Å². The van der Waals surface area contributed by atoms with Crippen molar-refractivity contribution in [3.8, 4) is 0 Å². The Hall–Kier alpha value is -3.06. The second-order valence-electron chi connectivity index (χ2n) is 10.8. The van der Waals surface area contributed by atoms with Crippen LogP contribution in [0.15, 0.2) is 24.7 Å². The Bertz CT molecular complexity index is 1160. The summed E-state index contributed by atoms with van der Waals surface area (Å²) in [7, 11) is 0. The number of likely N-dealkylation sites (tertiary alicyclic amines) is 2. The van der Waals surface area contributed by atoms with Crippen LogP contribution in [0.25, 0.3) is 0 Å². The fraction of sp³-hybridized carbons (Fsp3) is 0.652. The first kappa shape index (κ1) is 24.3. The van der Waals surface area contributed by atoms with E-state index >= 15 is 0 Å². The van der Waals surface area contributed by atoms with E-state index in [2.05, 4.69) is 15.1 Å². The van der Waals surface area contributed by atoms with Crippen LogP contribution in [0.3, 0.4) is 0 Å². The zero-order valence-electron chi connectivity index (χ0n) is 19.7. The first-order valence-corrected chi connectivity index (χ1v) is 12.2. The van der Waals surface area contributed by atoms with Crippen LogP contribution in [0, 0.1) is 11.3 Å². The maximum atomic E-state index is 12.9. The maximum Gasteiger partial charge on any atom is 0.453 e. The summed E-state index contributed by atoms with van der Waals surface area (Å²) in [5, 5.41) is 3.55. The van der Waals surface area contributed by atoms with E-state index < -0.39 is 24.1 Å². The zero-order chi connectivity index (χ0) is 26.2. The molecule has 1 atom stereocenters. The van der Waals surface area contributed by atoms with Crippen LogP contribution < -0.4 is 4.90 Å². The van der Waals surface area contributed by atoms with Gasteiger partial charge in [-0.1, -0.05) is 6.07 Å². The Morgan fingerprint density at radius 2 is 1.70 bits per heavy atom. The number of carbonyl (C=O) groups excluding carboxylic acids is 1. The monoisotopic (exact) mass is 529 g/mol. The van der Waals surface area contributed by atoms with E-state index in [1.54, 1.807) is 27.0 Å². The second kappa shape index (κ2) is 8.22. The average Bonchev–Trinajstić information content (AvgIpc) is 3.41. The van der Waals surface area contributed by atoms with Crippen molar-refractivity contribution in [2.45, 2.75) is 43.6 Å². The number of carbonyl (C=O) groups is 1. The van der Waals surface area contributed by atoms with Gasteiger partial charge >= 0.3 is 18.4 Å². The van der Waals surface area contributed by atoms with E-state index in [4.69, 9.17) is 0 Å². The molecule has 8 nitrogen and oxygen atoms in total. The van der Waals surface area contributed by atoms with Crippen LogP contribution in [0.4, 0.5) is 37.0 Å². The number of halogens is 6. The van der Waals surface area contributed by atoms with Gasteiger partial charge in [0, 0.05) is 56.8 Å². The molecule has 3 aliphatic heterocycles. The summed E-state index contributed by atoms with van der Waals surface area (Å²) in [4.78, 5) is 25.7. The molecule has 0 N–H and O–H groups in total. The largest absolute Gasteiger partial charge is 0.453 e. The smallest absolute Gasteiger partial charge is 0.356 e. The molecule has 0 radical (unpaired) electrons. The fourth-order valence-electron chi connectivity index (χ4n) is 5.97. The maximum absolute atomic E-state index is 12.9. The Balaban J connectivity index is 0.950. The Morgan fingerprint density at radius 3 is 2.27 bits per heavy atom. The number of alkyl halides is 6. The first-order chi connectivity index (χ1) is 17.4. The highest BCUT2D eigenvalue weighted by molar-refractivity contribution is 5.77. The molecule has 2 amide bonds. The fourth-order valence-corrected chi connectivity index (χ4v) is 5.97. The molecule has 1 unspecified atom stereocenters. The summed E-state index contributed by atoms with van der Waals surface area (Å²) in [5.41, 5.74) is 0.891. The molecule has 3 saturated heterocycles. The number of pyridine rings is 1. The van der Waals surface area contributed by atoms with Crippen molar-refractivity contribution < 1.29 is 31.1 Å². The molecule has 37 heavy (non-hydrogen) atoms. The van der Waals surface area contributed by atoms with E-state index in [-0.39, 0.29) is 36.4 Å². The molecular formula is C23H25F6N7O. The number of rotatable bonds is 3. The predicted octanol–water partition coefficient (Wildman–Crippen LogP) is 3.94. The molecule has 4 aliphatic rings. The van der Waals surface area contributed by atoms with Gasteiger partial charge in [0.1, 0.15) is 12.1 Å². The molecule has 0 aromatic carbocycles. The third-order valence-corrected chi connectivity index (χ3v) is 8.17. The third-order valence-electron chi connectivity index (χ3n) is 8.17. The summed E-state index contributed by atoms with van der Waals surface area (Å²) in [5.74, 6) is -1.79. The van der Waals surface area contributed by atoms with Crippen molar-refractivity contribution in [1.82, 2.24) is 29.5 Å². The average molecular weight is 529 g/mol. The Morgan fingerprint density at radius 1 is 0.973 bits per heavy atom. The second-order valence-corrected chi connectivity index (χ2v) is 10.8. The number of nitrogens with zero attached hydrogens (tertiary/aromatic N) is 7. The van der Waals surface area contributed by atoms with Gasteiger partial charge in [-0.25, -0.2) is 19.4 Å². The van der Waals surface area contributed by atoms with E-state index in [1.165, 1.54) is 4.68 Å². The Kier molecular flexibility index (Phi) is 5.40. The lowest BCUT2D eigenvalue weighted by molar-refractivity contribution is -0.168. The summed E-state index contributed by atoms with van der Waals surface area (Å²) in [6, 6.07) is 3.43. The van der Waals surface area contributed by atoms with Crippen molar-refractivity contribution in [3.05, 3.63) is 36.0 Å². The molecule has 4 fully saturated rings. The number of anilines is 1. The lowest BCUT2D eigenvalue weighted by Crippen LogP contribution is -2.67. The van der Waals surface area contributed by atoms with E-state index in [1.807, 2.05) is 6.07 Å². The molecule has 1 saturated carbocycles. The minimum atomic E-state index is -4.56. The van der Waals surface area contributed by atoms with Gasteiger partial charge in [-0.05, 0) is 30.9 Å². The van der Waals surface area contributed by atoms with Gasteiger partial charge in [-0.2, -0.15) is 26.3 Å². The van der Waals surface area contributed by atoms with Crippen LogP contribution in [-0.2, 0) is 6.18 Å². The molecule has 0 bridgehead atoms. The quantitative estimate of drug-likeness (QED) is 0.564. The zero-order valence-corrected chi connectivity index (χ0v) is 19.7. The molecule has 200 valence electrons. The van der Waals surface area contributed by atoms with Crippen molar-refractivity contribution in [2.24, 2.45) is 11.3 Å². The number of urea groups is 1. The van der Waals surface area contributed by atoms with Gasteiger partial charge in [-0.15, -0.1) is 5.10 Å². The van der Waals surface area contributed by atoms with Crippen LogP contribution in [0.5, 0.6) is 0 Å². The van der Waals surface area contributed by atoms with Gasteiger partial charge in [0.15, 0.2) is 0 Å². The number of hydrogen-bond donors (Lipinski definition) is 0. The molecule has 1 spiro atoms. The molecule has 2 aromatic rings. The van der Waals surface area contributed by atoms with Crippen LogP contribution >= 0.6 is 0 Å². The topological polar surface area (TPSA) is 70.4 Å². The predicted molar refractivity (Wildman–Crippen MR) is 118 cm³/mol. The van der Waals surface area contributed by atoms with Crippen LogP contribution in [0.1, 0.15) is 42.6 Å². The highest BCUT2D eigenvalue weighted by atomic mass is 19.4. The Labute approximate surface area is 208 Å². The van der Waals surface area contributed by atoms with Gasteiger partial charge in [-0.3, -0.25) is 0 Å². The standard InChI is InChI=1S/C23H25F6N7O/c24-22(25,26)16-3-4-33(10-16)18-2-1-14(7-30-18)15-8-34(9-15)20(37)35-11-21(12-35)5-17(6-21)36-13-31-19(32-36)23(27,28)29/h1-2,7,13,15-17H,3-6,8-12H2. The van der Waals surface area contributed by atoms with E-state index in [9.17, 15) is 31.1 Å². The minimum Gasteiger partial charge on any atom is -0.356 e. The first-order valence-electron chi connectivity index (χ1n) is 12.2.